The van der Waals surface area contributed by atoms with Crippen LogP contribution in [0.3, 0.4) is 0 Å². The number of hydrogen-bond acceptors (Lipinski definition) is 3. The number of aromatic nitrogens is 1. The number of anilines is 1. The van der Waals surface area contributed by atoms with Crippen LogP contribution in [-0.4, -0.2) is 10.9 Å². The van der Waals surface area contributed by atoms with Gasteiger partial charge in [-0.3, -0.25) is 4.79 Å². The topological polar surface area (TPSA) is 55.1 Å². The van der Waals surface area contributed by atoms with Crippen LogP contribution in [0, 0.1) is 6.92 Å². The Bertz CT molecular complexity index is 1140. The van der Waals surface area contributed by atoms with Gasteiger partial charge in [-0.25, -0.2) is 4.98 Å². The van der Waals surface area contributed by atoms with E-state index in [1.165, 1.54) is 0 Å². The fourth-order valence-electron chi connectivity index (χ4n) is 2.76. The number of benzene rings is 3. The molecule has 0 fully saturated rings. The molecule has 6 heteroatoms. The fourth-order valence-corrected chi connectivity index (χ4v) is 3.06. The molecule has 1 aromatic heterocycles. The van der Waals surface area contributed by atoms with Gasteiger partial charge in [-0.1, -0.05) is 35.3 Å². The quantitative estimate of drug-likeness (QED) is 0.438. The zero-order chi connectivity index (χ0) is 19.0. The number of aryl methyl sites for hydroxylation is 1. The predicted molar refractivity (Wildman–Crippen MR) is 109 cm³/mol. The van der Waals surface area contributed by atoms with Crippen LogP contribution >= 0.6 is 23.2 Å². The summed E-state index contributed by atoms with van der Waals surface area (Å²) in [6.45, 7) is 1.91. The van der Waals surface area contributed by atoms with Gasteiger partial charge in [-0.2, -0.15) is 0 Å². The zero-order valence-electron chi connectivity index (χ0n) is 14.3. The molecule has 1 heterocycles. The number of hydrogen-bond donors (Lipinski definition) is 1. The van der Waals surface area contributed by atoms with E-state index in [0.29, 0.717) is 27.2 Å². The number of nitrogens with one attached hydrogen (secondary N) is 1. The Kier molecular flexibility index (Phi) is 4.60. The Labute approximate surface area is 165 Å². The van der Waals surface area contributed by atoms with E-state index in [-0.39, 0.29) is 5.91 Å². The first kappa shape index (κ1) is 17.6. The van der Waals surface area contributed by atoms with Gasteiger partial charge in [-0.15, -0.1) is 0 Å². The number of halogens is 2. The smallest absolute Gasteiger partial charge is 0.255 e. The van der Waals surface area contributed by atoms with Crippen molar-refractivity contribution in [1.29, 1.82) is 0 Å². The van der Waals surface area contributed by atoms with E-state index in [2.05, 4.69) is 10.3 Å². The monoisotopic (exact) mass is 396 g/mol. The summed E-state index contributed by atoms with van der Waals surface area (Å²) in [5.74, 6) is 0.285. The molecule has 1 N–H and O–H groups in total. The van der Waals surface area contributed by atoms with Gasteiger partial charge in [0, 0.05) is 16.8 Å². The summed E-state index contributed by atoms with van der Waals surface area (Å²) >= 11 is 11.9. The SMILES string of the molecule is Cc1cc(-c2nc3ccccc3o2)ccc1NC(=O)c1ccc(Cl)c(Cl)c1. The van der Waals surface area contributed by atoms with E-state index in [9.17, 15) is 4.79 Å². The van der Waals surface area contributed by atoms with Gasteiger partial charge >= 0.3 is 0 Å². The highest BCUT2D eigenvalue weighted by atomic mass is 35.5. The molecular weight excluding hydrogens is 383 g/mol. The standard InChI is InChI=1S/C21H14Cl2N2O2/c1-12-10-14(21-25-18-4-2-3-5-19(18)27-21)7-9-17(12)24-20(26)13-6-8-15(22)16(23)11-13/h2-11H,1H3,(H,24,26). The van der Waals surface area contributed by atoms with Crippen molar-refractivity contribution in [2.24, 2.45) is 0 Å². The van der Waals surface area contributed by atoms with E-state index in [4.69, 9.17) is 27.6 Å². The molecule has 1 amide bonds. The number of para-hydroxylation sites is 2. The Morgan fingerprint density at radius 3 is 2.56 bits per heavy atom. The first-order valence-electron chi connectivity index (χ1n) is 8.24. The van der Waals surface area contributed by atoms with Gasteiger partial charge in [0.25, 0.3) is 5.91 Å². The van der Waals surface area contributed by atoms with Crippen molar-refractivity contribution in [3.05, 3.63) is 81.8 Å². The number of nitrogens with zero attached hydrogens (tertiary/aromatic N) is 1. The molecule has 27 heavy (non-hydrogen) atoms. The van der Waals surface area contributed by atoms with E-state index in [0.717, 1.165) is 22.2 Å². The molecule has 0 aliphatic heterocycles. The van der Waals surface area contributed by atoms with Crippen LogP contribution in [0.15, 0.2) is 65.1 Å². The van der Waals surface area contributed by atoms with Gasteiger partial charge in [0.2, 0.25) is 5.89 Å². The third-order valence-electron chi connectivity index (χ3n) is 4.20. The molecule has 3 aromatic carbocycles. The number of amides is 1. The number of fused-ring (bicyclic) bond motifs is 1. The number of carbonyl (C=O) groups is 1. The average Bonchev–Trinajstić information content (AvgIpc) is 3.09. The van der Waals surface area contributed by atoms with E-state index in [1.807, 2.05) is 49.4 Å². The predicted octanol–water partition coefficient (Wildman–Crippen LogP) is 6.36. The third-order valence-corrected chi connectivity index (χ3v) is 4.94. The van der Waals surface area contributed by atoms with Crippen molar-refractivity contribution in [3.63, 3.8) is 0 Å². The second kappa shape index (κ2) is 7.06. The highest BCUT2D eigenvalue weighted by molar-refractivity contribution is 6.42. The lowest BCUT2D eigenvalue weighted by atomic mass is 10.1. The van der Waals surface area contributed by atoms with Crippen LogP contribution in [0.5, 0.6) is 0 Å². The van der Waals surface area contributed by atoms with E-state index >= 15 is 0 Å². The van der Waals surface area contributed by atoms with Gasteiger partial charge < -0.3 is 9.73 Å². The lowest BCUT2D eigenvalue weighted by Crippen LogP contribution is -2.12. The summed E-state index contributed by atoms with van der Waals surface area (Å²) in [4.78, 5) is 17.0. The maximum atomic E-state index is 12.5. The molecule has 0 atom stereocenters. The van der Waals surface area contributed by atoms with Crippen molar-refractivity contribution >= 4 is 45.9 Å². The number of rotatable bonds is 3. The minimum absolute atomic E-state index is 0.258. The Morgan fingerprint density at radius 2 is 1.81 bits per heavy atom. The summed E-state index contributed by atoms with van der Waals surface area (Å²) < 4.78 is 5.80. The zero-order valence-corrected chi connectivity index (χ0v) is 15.8. The van der Waals surface area contributed by atoms with Gasteiger partial charge in [-0.05, 0) is 61.0 Å². The number of carbonyl (C=O) groups excluding carboxylic acids is 1. The molecule has 0 unspecified atom stereocenters. The highest BCUT2D eigenvalue weighted by Gasteiger charge is 2.12. The maximum Gasteiger partial charge on any atom is 0.255 e. The summed E-state index contributed by atoms with van der Waals surface area (Å²) in [7, 11) is 0. The molecule has 4 nitrogen and oxygen atoms in total. The first-order valence-corrected chi connectivity index (χ1v) is 9.00. The summed E-state index contributed by atoms with van der Waals surface area (Å²) in [6.07, 6.45) is 0. The van der Waals surface area contributed by atoms with Crippen molar-refractivity contribution in [2.45, 2.75) is 6.92 Å². The Hall–Kier alpha value is -2.82. The molecule has 4 aromatic rings. The fraction of sp³-hybridized carbons (Fsp3) is 0.0476. The second-order valence-corrected chi connectivity index (χ2v) is 6.91. The van der Waals surface area contributed by atoms with Gasteiger partial charge in [0.05, 0.1) is 10.0 Å². The van der Waals surface area contributed by atoms with E-state index in [1.54, 1.807) is 18.2 Å². The normalized spacial score (nSPS) is 10.9. The summed E-state index contributed by atoms with van der Waals surface area (Å²) in [5.41, 5.74) is 4.42. The van der Waals surface area contributed by atoms with Gasteiger partial charge in [0.1, 0.15) is 5.52 Å². The van der Waals surface area contributed by atoms with E-state index < -0.39 is 0 Å². The molecule has 0 bridgehead atoms. The highest BCUT2D eigenvalue weighted by Crippen LogP contribution is 2.28. The van der Waals surface area contributed by atoms with Crippen molar-refractivity contribution in [1.82, 2.24) is 4.98 Å². The third kappa shape index (κ3) is 3.54. The summed E-state index contributed by atoms with van der Waals surface area (Å²) in [5, 5.41) is 3.64. The Morgan fingerprint density at radius 1 is 1.00 bits per heavy atom. The number of oxazole rings is 1. The minimum atomic E-state index is -0.258. The Balaban J connectivity index is 1.59. The van der Waals surface area contributed by atoms with Crippen LogP contribution in [0.1, 0.15) is 15.9 Å². The van der Waals surface area contributed by atoms with Crippen molar-refractivity contribution in [3.8, 4) is 11.5 Å². The molecule has 0 aliphatic rings. The summed E-state index contributed by atoms with van der Waals surface area (Å²) in [6, 6.07) is 18.0. The molecule has 0 aliphatic carbocycles. The molecule has 0 saturated heterocycles. The van der Waals surface area contributed by atoms with Crippen LogP contribution < -0.4 is 5.32 Å². The van der Waals surface area contributed by atoms with Crippen LogP contribution in [-0.2, 0) is 0 Å². The van der Waals surface area contributed by atoms with Crippen molar-refractivity contribution in [2.75, 3.05) is 5.32 Å². The molecular formula is C21H14Cl2N2O2. The van der Waals surface area contributed by atoms with Gasteiger partial charge in [0.15, 0.2) is 5.58 Å². The lowest BCUT2D eigenvalue weighted by Gasteiger charge is -2.10. The molecule has 0 spiro atoms. The largest absolute Gasteiger partial charge is 0.436 e. The maximum absolute atomic E-state index is 12.5. The van der Waals surface area contributed by atoms with Crippen LogP contribution in [0.2, 0.25) is 10.0 Å². The molecule has 0 radical (unpaired) electrons. The minimum Gasteiger partial charge on any atom is -0.436 e. The lowest BCUT2D eigenvalue weighted by molar-refractivity contribution is 0.102. The second-order valence-electron chi connectivity index (χ2n) is 6.10. The molecule has 134 valence electrons. The van der Waals surface area contributed by atoms with Crippen LogP contribution in [0.25, 0.3) is 22.6 Å². The molecule has 4 rings (SSSR count). The average molecular weight is 397 g/mol. The van der Waals surface area contributed by atoms with Crippen LogP contribution in [0.4, 0.5) is 5.69 Å². The van der Waals surface area contributed by atoms with Crippen molar-refractivity contribution < 1.29 is 9.21 Å². The molecule has 0 saturated carbocycles. The first-order chi connectivity index (χ1) is 13.0.